The molecule has 2 nitrogen and oxygen atoms in total. The van der Waals surface area contributed by atoms with E-state index < -0.39 is 0 Å². The summed E-state index contributed by atoms with van der Waals surface area (Å²) >= 11 is 0. The van der Waals surface area contributed by atoms with E-state index in [1.807, 2.05) is 30.3 Å². The first-order valence-electron chi connectivity index (χ1n) is 16.6. The molecule has 1 aromatic rings. The van der Waals surface area contributed by atoms with Crippen molar-refractivity contribution in [2.75, 3.05) is 0 Å². The Labute approximate surface area is 231 Å². The van der Waals surface area contributed by atoms with Gasteiger partial charge in [0.2, 0.25) is 0 Å². The van der Waals surface area contributed by atoms with Gasteiger partial charge < -0.3 is 4.74 Å². The smallest absolute Gasteiger partial charge is 0.311 e. The lowest BCUT2D eigenvalue weighted by Gasteiger charge is -2.05. The second kappa shape index (κ2) is 27.7. The first-order valence-corrected chi connectivity index (χ1v) is 16.6. The van der Waals surface area contributed by atoms with Crippen molar-refractivity contribution in [2.24, 2.45) is 0 Å². The summed E-state index contributed by atoms with van der Waals surface area (Å²) in [5, 5.41) is 0. The first-order chi connectivity index (χ1) is 18.3. The van der Waals surface area contributed by atoms with Crippen molar-refractivity contribution in [1.82, 2.24) is 0 Å². The van der Waals surface area contributed by atoms with Crippen molar-refractivity contribution >= 4 is 5.97 Å². The van der Waals surface area contributed by atoms with Crippen LogP contribution in [0.5, 0.6) is 5.75 Å². The third kappa shape index (κ3) is 24.8. The summed E-state index contributed by atoms with van der Waals surface area (Å²) in [5.41, 5.74) is 0. The molecular formula is C35H62O2. The van der Waals surface area contributed by atoms with Gasteiger partial charge in [0.25, 0.3) is 0 Å². The van der Waals surface area contributed by atoms with Crippen LogP contribution in [0.3, 0.4) is 0 Å². The van der Waals surface area contributed by atoms with Crippen LogP contribution < -0.4 is 4.74 Å². The number of hydrogen-bond acceptors (Lipinski definition) is 2. The lowest BCUT2D eigenvalue weighted by molar-refractivity contribution is -0.134. The molecule has 0 fully saturated rings. The van der Waals surface area contributed by atoms with Crippen LogP contribution in [0.25, 0.3) is 0 Å². The van der Waals surface area contributed by atoms with E-state index in [0.717, 1.165) is 12.8 Å². The van der Waals surface area contributed by atoms with E-state index in [-0.39, 0.29) is 5.97 Å². The number of rotatable bonds is 28. The predicted octanol–water partition coefficient (Wildman–Crippen LogP) is 12.1. The van der Waals surface area contributed by atoms with E-state index in [9.17, 15) is 4.79 Å². The molecular weight excluding hydrogens is 452 g/mol. The molecule has 1 aromatic carbocycles. The lowest BCUT2D eigenvalue weighted by Crippen LogP contribution is -2.07. The highest BCUT2D eigenvalue weighted by molar-refractivity contribution is 5.72. The average Bonchev–Trinajstić information content (AvgIpc) is 2.91. The Balaban J connectivity index is 1.67. The molecule has 0 saturated carbocycles. The summed E-state index contributed by atoms with van der Waals surface area (Å²) in [6.07, 6.45) is 36.9. The van der Waals surface area contributed by atoms with Crippen molar-refractivity contribution in [3.63, 3.8) is 0 Å². The van der Waals surface area contributed by atoms with E-state index in [1.54, 1.807) is 0 Å². The zero-order chi connectivity index (χ0) is 26.5. The maximum Gasteiger partial charge on any atom is 0.311 e. The molecule has 0 aliphatic heterocycles. The zero-order valence-electron chi connectivity index (χ0n) is 24.8. The van der Waals surface area contributed by atoms with Gasteiger partial charge in [-0.15, -0.1) is 0 Å². The normalized spacial score (nSPS) is 11.2. The average molecular weight is 515 g/mol. The van der Waals surface area contributed by atoms with Gasteiger partial charge in [0.05, 0.1) is 0 Å². The Hall–Kier alpha value is -1.31. The molecule has 0 unspecified atom stereocenters. The molecule has 0 heterocycles. The fraction of sp³-hybridized carbons (Fsp3) is 0.800. The summed E-state index contributed by atoms with van der Waals surface area (Å²) in [4.78, 5) is 11.8. The summed E-state index contributed by atoms with van der Waals surface area (Å²) in [7, 11) is 0. The molecule has 0 aliphatic rings. The van der Waals surface area contributed by atoms with E-state index in [0.29, 0.717) is 12.2 Å². The fourth-order valence-corrected chi connectivity index (χ4v) is 5.26. The van der Waals surface area contributed by atoms with Crippen LogP contribution in [0, 0.1) is 0 Å². The third-order valence-corrected chi connectivity index (χ3v) is 7.71. The Morgan fingerprint density at radius 1 is 0.459 bits per heavy atom. The van der Waals surface area contributed by atoms with Crippen LogP contribution in [0.1, 0.15) is 180 Å². The Morgan fingerprint density at radius 2 is 0.757 bits per heavy atom. The topological polar surface area (TPSA) is 26.3 Å². The lowest BCUT2D eigenvalue weighted by atomic mass is 10.0. The molecule has 2 heteroatoms. The first kappa shape index (κ1) is 33.7. The highest BCUT2D eigenvalue weighted by Gasteiger charge is 2.04. The molecule has 0 aromatic heterocycles. The number of benzene rings is 1. The SMILES string of the molecule is CCCCCCCCCCCCCCCCCCCCCCCCCCCCC(=O)Oc1ccccc1. The molecule has 0 aliphatic carbocycles. The van der Waals surface area contributed by atoms with Gasteiger partial charge in [-0.05, 0) is 18.6 Å². The highest BCUT2D eigenvalue weighted by Crippen LogP contribution is 2.16. The second-order valence-corrected chi connectivity index (χ2v) is 11.4. The van der Waals surface area contributed by atoms with Crippen LogP contribution >= 0.6 is 0 Å². The summed E-state index contributed by atoms with van der Waals surface area (Å²) in [6.45, 7) is 2.30. The van der Waals surface area contributed by atoms with Crippen molar-refractivity contribution in [1.29, 1.82) is 0 Å². The number of unbranched alkanes of at least 4 members (excludes halogenated alkanes) is 25. The summed E-state index contributed by atoms with van der Waals surface area (Å²) in [6, 6.07) is 9.38. The van der Waals surface area contributed by atoms with Gasteiger partial charge in [-0.3, -0.25) is 4.79 Å². The number of ether oxygens (including phenoxy) is 1. The molecule has 1 rings (SSSR count). The van der Waals surface area contributed by atoms with Crippen molar-refractivity contribution < 1.29 is 9.53 Å². The van der Waals surface area contributed by atoms with Gasteiger partial charge >= 0.3 is 5.97 Å². The van der Waals surface area contributed by atoms with Crippen LogP contribution in [-0.2, 0) is 4.79 Å². The van der Waals surface area contributed by atoms with Crippen LogP contribution in [0.2, 0.25) is 0 Å². The number of carbonyl (C=O) groups is 1. The predicted molar refractivity (Wildman–Crippen MR) is 162 cm³/mol. The van der Waals surface area contributed by atoms with Crippen LogP contribution in [-0.4, -0.2) is 5.97 Å². The third-order valence-electron chi connectivity index (χ3n) is 7.71. The minimum absolute atomic E-state index is 0.101. The van der Waals surface area contributed by atoms with Gasteiger partial charge in [-0.25, -0.2) is 0 Å². The quantitative estimate of drug-likeness (QED) is 0.0631. The van der Waals surface area contributed by atoms with E-state index in [4.69, 9.17) is 4.74 Å². The van der Waals surface area contributed by atoms with Crippen LogP contribution in [0.4, 0.5) is 0 Å². The van der Waals surface area contributed by atoms with E-state index in [2.05, 4.69) is 6.92 Å². The van der Waals surface area contributed by atoms with Gasteiger partial charge in [-0.1, -0.05) is 186 Å². The van der Waals surface area contributed by atoms with Crippen LogP contribution in [0.15, 0.2) is 30.3 Å². The van der Waals surface area contributed by atoms with Crippen molar-refractivity contribution in [2.45, 2.75) is 180 Å². The van der Waals surface area contributed by atoms with Gasteiger partial charge in [0, 0.05) is 6.42 Å². The van der Waals surface area contributed by atoms with Crippen molar-refractivity contribution in [3.05, 3.63) is 30.3 Å². The van der Waals surface area contributed by atoms with Crippen molar-refractivity contribution in [3.8, 4) is 5.75 Å². The molecule has 0 amide bonds. The van der Waals surface area contributed by atoms with Gasteiger partial charge in [0.1, 0.15) is 5.75 Å². The number of para-hydroxylation sites is 1. The maximum atomic E-state index is 11.8. The van der Waals surface area contributed by atoms with Gasteiger partial charge in [0.15, 0.2) is 0 Å². The van der Waals surface area contributed by atoms with Gasteiger partial charge in [-0.2, -0.15) is 0 Å². The number of carbonyl (C=O) groups excluding carboxylic acids is 1. The highest BCUT2D eigenvalue weighted by atomic mass is 16.5. The monoisotopic (exact) mass is 514 g/mol. The molecule has 0 saturated heterocycles. The minimum Gasteiger partial charge on any atom is -0.427 e. The Kier molecular flexibility index (Phi) is 25.3. The molecule has 0 N–H and O–H groups in total. The largest absolute Gasteiger partial charge is 0.427 e. The number of hydrogen-bond donors (Lipinski definition) is 0. The molecule has 37 heavy (non-hydrogen) atoms. The molecule has 0 radical (unpaired) electrons. The molecule has 0 spiro atoms. The summed E-state index contributed by atoms with van der Waals surface area (Å²) in [5.74, 6) is 0.554. The second-order valence-electron chi connectivity index (χ2n) is 11.4. The van der Waals surface area contributed by atoms with E-state index in [1.165, 1.54) is 154 Å². The Bertz CT molecular complexity index is 582. The molecule has 214 valence electrons. The number of esters is 1. The molecule has 0 atom stereocenters. The maximum absolute atomic E-state index is 11.8. The summed E-state index contributed by atoms with van der Waals surface area (Å²) < 4.78 is 5.33. The van der Waals surface area contributed by atoms with E-state index >= 15 is 0 Å². The molecule has 0 bridgehead atoms. The Morgan fingerprint density at radius 3 is 1.08 bits per heavy atom. The minimum atomic E-state index is -0.101. The standard InChI is InChI=1S/C35H62O2/c1-2-3-4-5-6-7-8-9-10-11-12-13-14-15-16-17-18-19-20-21-22-23-24-25-26-30-33-35(36)37-34-31-28-27-29-32-34/h27-29,31-32H,2-26,30,33H2,1H3. The zero-order valence-corrected chi connectivity index (χ0v) is 24.8. The fourth-order valence-electron chi connectivity index (χ4n) is 5.26.